The molecule has 0 N–H and O–H groups in total. The summed E-state index contributed by atoms with van der Waals surface area (Å²) in [5.41, 5.74) is 3.04. The molecule has 3 aromatic rings. The van der Waals surface area contributed by atoms with E-state index in [1.54, 1.807) is 20.3 Å². The third kappa shape index (κ3) is 5.23. The van der Waals surface area contributed by atoms with Crippen molar-refractivity contribution in [2.75, 3.05) is 19.1 Å². The third-order valence-corrected chi connectivity index (χ3v) is 4.74. The van der Waals surface area contributed by atoms with Crippen LogP contribution in [0.5, 0.6) is 11.5 Å². The fourth-order valence-corrected chi connectivity index (χ4v) is 3.32. The Labute approximate surface area is 167 Å². The Kier molecular flexibility index (Phi) is 6.35. The molecule has 0 aliphatic heterocycles. The molecule has 0 amide bonds. The van der Waals surface area contributed by atoms with Crippen molar-refractivity contribution in [2.45, 2.75) is 13.1 Å². The lowest BCUT2D eigenvalue weighted by molar-refractivity contribution is 0.414. The van der Waals surface area contributed by atoms with Crippen LogP contribution >= 0.6 is 15.9 Å². The molecule has 0 radical (unpaired) electrons. The van der Waals surface area contributed by atoms with Gasteiger partial charge in [-0.3, -0.25) is 0 Å². The Morgan fingerprint density at radius 3 is 1.67 bits per heavy atom. The molecule has 3 aromatic carbocycles. The minimum Gasteiger partial charge on any atom is -0.497 e. The number of anilines is 1. The first-order chi connectivity index (χ1) is 13.1. The van der Waals surface area contributed by atoms with Gasteiger partial charge in [0.05, 0.1) is 14.2 Å². The molecular weight excluding hydrogens is 409 g/mol. The van der Waals surface area contributed by atoms with Crippen LogP contribution in [0.4, 0.5) is 10.1 Å². The molecule has 0 atom stereocenters. The topological polar surface area (TPSA) is 21.7 Å². The van der Waals surface area contributed by atoms with Crippen molar-refractivity contribution >= 4 is 21.6 Å². The van der Waals surface area contributed by atoms with Crippen LogP contribution in [-0.2, 0) is 13.1 Å². The first-order valence-electron chi connectivity index (χ1n) is 8.54. The average Bonchev–Trinajstić information content (AvgIpc) is 2.68. The van der Waals surface area contributed by atoms with Crippen molar-refractivity contribution in [1.29, 1.82) is 0 Å². The smallest absolute Gasteiger partial charge is 0.126 e. The Morgan fingerprint density at radius 1 is 0.778 bits per heavy atom. The predicted octanol–water partition coefficient (Wildman–Crippen LogP) is 5.81. The van der Waals surface area contributed by atoms with E-state index in [2.05, 4.69) is 20.8 Å². The second-order valence-corrected chi connectivity index (χ2v) is 7.10. The van der Waals surface area contributed by atoms with E-state index in [9.17, 15) is 4.39 Å². The summed E-state index contributed by atoms with van der Waals surface area (Å²) >= 11 is 3.39. The number of benzene rings is 3. The maximum atomic E-state index is 14.0. The summed E-state index contributed by atoms with van der Waals surface area (Å²) in [6.45, 7) is 1.29. The van der Waals surface area contributed by atoms with Crippen LogP contribution in [0.1, 0.15) is 11.1 Å². The second kappa shape index (κ2) is 8.91. The number of nitrogens with zero attached hydrogens (tertiary/aromatic N) is 1. The van der Waals surface area contributed by atoms with Crippen molar-refractivity contribution < 1.29 is 13.9 Å². The number of ether oxygens (including phenoxy) is 2. The summed E-state index contributed by atoms with van der Waals surface area (Å²) in [6.07, 6.45) is 0. The highest BCUT2D eigenvalue weighted by atomic mass is 79.9. The van der Waals surface area contributed by atoms with Crippen LogP contribution in [0, 0.1) is 5.82 Å². The molecule has 0 fully saturated rings. The highest BCUT2D eigenvalue weighted by molar-refractivity contribution is 9.10. The normalized spacial score (nSPS) is 10.5. The molecule has 0 heterocycles. The Balaban J connectivity index is 1.88. The molecule has 0 spiro atoms. The van der Waals surface area contributed by atoms with Crippen LogP contribution in [0.2, 0.25) is 0 Å². The monoisotopic (exact) mass is 429 g/mol. The molecule has 3 nitrogen and oxygen atoms in total. The van der Waals surface area contributed by atoms with Gasteiger partial charge in [0.1, 0.15) is 17.3 Å². The van der Waals surface area contributed by atoms with Gasteiger partial charge in [-0.15, -0.1) is 0 Å². The molecule has 0 unspecified atom stereocenters. The Hall–Kier alpha value is -2.53. The lowest BCUT2D eigenvalue weighted by Crippen LogP contribution is -2.22. The largest absolute Gasteiger partial charge is 0.497 e. The van der Waals surface area contributed by atoms with Crippen molar-refractivity contribution in [1.82, 2.24) is 0 Å². The molecule has 27 heavy (non-hydrogen) atoms. The van der Waals surface area contributed by atoms with E-state index in [1.807, 2.05) is 54.6 Å². The fourth-order valence-electron chi connectivity index (χ4n) is 2.86. The predicted molar refractivity (Wildman–Crippen MR) is 110 cm³/mol. The highest BCUT2D eigenvalue weighted by Gasteiger charge is 2.11. The van der Waals surface area contributed by atoms with Gasteiger partial charge in [-0.2, -0.15) is 0 Å². The molecule has 140 valence electrons. The van der Waals surface area contributed by atoms with E-state index in [0.29, 0.717) is 17.6 Å². The molecule has 0 aliphatic rings. The Morgan fingerprint density at radius 2 is 1.26 bits per heavy atom. The minimum atomic E-state index is -0.270. The van der Waals surface area contributed by atoms with E-state index in [-0.39, 0.29) is 5.82 Å². The lowest BCUT2D eigenvalue weighted by atomic mass is 10.1. The van der Waals surface area contributed by atoms with E-state index in [0.717, 1.165) is 28.3 Å². The molecule has 0 saturated heterocycles. The average molecular weight is 430 g/mol. The SMILES string of the molecule is COc1ccc(CN(Cc2ccc(OC)cc2)c2cc(F)cc(Br)c2)cc1. The summed E-state index contributed by atoms with van der Waals surface area (Å²) in [5, 5.41) is 0. The molecule has 5 heteroatoms. The van der Waals surface area contributed by atoms with Crippen LogP contribution in [0.25, 0.3) is 0 Å². The first-order valence-corrected chi connectivity index (χ1v) is 9.33. The number of rotatable bonds is 7. The number of hydrogen-bond donors (Lipinski definition) is 0. The van der Waals surface area contributed by atoms with E-state index < -0.39 is 0 Å². The molecule has 0 aliphatic carbocycles. The second-order valence-electron chi connectivity index (χ2n) is 6.18. The van der Waals surface area contributed by atoms with E-state index in [4.69, 9.17) is 9.47 Å². The van der Waals surface area contributed by atoms with Gasteiger partial charge >= 0.3 is 0 Å². The number of halogens is 2. The van der Waals surface area contributed by atoms with Gasteiger partial charge in [-0.25, -0.2) is 4.39 Å². The van der Waals surface area contributed by atoms with E-state index >= 15 is 0 Å². The van der Waals surface area contributed by atoms with Gasteiger partial charge in [0, 0.05) is 23.2 Å². The van der Waals surface area contributed by atoms with Gasteiger partial charge in [0.2, 0.25) is 0 Å². The van der Waals surface area contributed by atoms with Gasteiger partial charge in [-0.05, 0) is 53.6 Å². The van der Waals surface area contributed by atoms with E-state index in [1.165, 1.54) is 6.07 Å². The van der Waals surface area contributed by atoms with Gasteiger partial charge in [-0.1, -0.05) is 40.2 Å². The van der Waals surface area contributed by atoms with Crippen LogP contribution in [0.15, 0.2) is 71.2 Å². The maximum absolute atomic E-state index is 14.0. The standard InChI is InChI=1S/C22H21BrFNO2/c1-26-21-7-3-16(4-8-21)14-25(20-12-18(23)11-19(24)13-20)15-17-5-9-22(27-2)10-6-17/h3-13H,14-15H2,1-2H3. The fraction of sp³-hybridized carbons (Fsp3) is 0.182. The summed E-state index contributed by atoms with van der Waals surface area (Å²) in [7, 11) is 3.30. The maximum Gasteiger partial charge on any atom is 0.126 e. The third-order valence-electron chi connectivity index (χ3n) is 4.28. The Bertz CT molecular complexity index is 812. The van der Waals surface area contributed by atoms with Gasteiger partial charge < -0.3 is 14.4 Å². The first kappa shape index (κ1) is 19.2. The van der Waals surface area contributed by atoms with Crippen molar-refractivity contribution in [3.8, 4) is 11.5 Å². The van der Waals surface area contributed by atoms with Crippen molar-refractivity contribution in [3.05, 3.63) is 88.1 Å². The highest BCUT2D eigenvalue weighted by Crippen LogP contribution is 2.26. The minimum absolute atomic E-state index is 0.270. The van der Waals surface area contributed by atoms with Crippen LogP contribution < -0.4 is 14.4 Å². The van der Waals surface area contributed by atoms with Gasteiger partial charge in [0.15, 0.2) is 0 Å². The zero-order valence-electron chi connectivity index (χ0n) is 15.3. The summed E-state index contributed by atoms with van der Waals surface area (Å²) in [6, 6.07) is 20.8. The quantitative estimate of drug-likeness (QED) is 0.472. The summed E-state index contributed by atoms with van der Waals surface area (Å²) < 4.78 is 25.1. The zero-order chi connectivity index (χ0) is 19.2. The summed E-state index contributed by atoms with van der Waals surface area (Å²) in [5.74, 6) is 1.36. The van der Waals surface area contributed by atoms with Crippen molar-refractivity contribution in [3.63, 3.8) is 0 Å². The lowest BCUT2D eigenvalue weighted by Gasteiger charge is -2.26. The van der Waals surface area contributed by atoms with Crippen molar-refractivity contribution in [2.24, 2.45) is 0 Å². The number of methoxy groups -OCH3 is 2. The molecule has 0 saturated carbocycles. The molecule has 0 aromatic heterocycles. The van der Waals surface area contributed by atoms with Gasteiger partial charge in [0.25, 0.3) is 0 Å². The number of hydrogen-bond acceptors (Lipinski definition) is 3. The van der Waals surface area contributed by atoms with Crippen LogP contribution in [-0.4, -0.2) is 14.2 Å². The molecular formula is C22H21BrFNO2. The summed E-state index contributed by atoms with van der Waals surface area (Å²) in [4.78, 5) is 2.14. The van der Waals surface area contributed by atoms with Crippen LogP contribution in [0.3, 0.4) is 0 Å². The molecule has 3 rings (SSSR count). The zero-order valence-corrected chi connectivity index (χ0v) is 16.9. The molecule has 0 bridgehead atoms.